The topological polar surface area (TPSA) is 111 Å². The lowest BCUT2D eigenvalue weighted by atomic mass is 10.0. The number of amides is 1. The van der Waals surface area contributed by atoms with Crippen molar-refractivity contribution in [2.45, 2.75) is 103 Å². The van der Waals surface area contributed by atoms with E-state index >= 15 is 0 Å². The maximum atomic E-state index is 13.4. The lowest BCUT2D eigenvalue weighted by Gasteiger charge is -2.30. The standard InChI is InChI=1S/C26H37NO9/c1-15(2)12-17(27-24(29)30-13-16-10-8-7-9-11-16)22(28)32-20-19(18-14-31-25(3,4)34-18)33-23-21(20)35-26(5,6)36-23/h7-11,15,17-21,23H,12-14H2,1-6H3,(H,27,29)/t17-,18-,19+,20?,21?,23?/m0/s1. The molecule has 1 amide bonds. The summed E-state index contributed by atoms with van der Waals surface area (Å²) in [6, 6.07) is 8.39. The Balaban J connectivity index is 1.44. The predicted octanol–water partition coefficient (Wildman–Crippen LogP) is 3.27. The van der Waals surface area contributed by atoms with Gasteiger partial charge in [0.25, 0.3) is 0 Å². The van der Waals surface area contributed by atoms with Crippen molar-refractivity contribution in [2.75, 3.05) is 6.61 Å². The fourth-order valence-corrected chi connectivity index (χ4v) is 4.62. The monoisotopic (exact) mass is 507 g/mol. The molecule has 0 radical (unpaired) electrons. The van der Waals surface area contributed by atoms with Gasteiger partial charge >= 0.3 is 12.1 Å². The van der Waals surface area contributed by atoms with E-state index in [0.717, 1.165) is 5.56 Å². The van der Waals surface area contributed by atoms with E-state index in [9.17, 15) is 9.59 Å². The van der Waals surface area contributed by atoms with Gasteiger partial charge in [0.1, 0.15) is 24.9 Å². The highest BCUT2D eigenvalue weighted by Crippen LogP contribution is 2.42. The van der Waals surface area contributed by atoms with Crippen LogP contribution >= 0.6 is 0 Å². The zero-order valence-corrected chi connectivity index (χ0v) is 21.7. The van der Waals surface area contributed by atoms with Crippen molar-refractivity contribution in [3.63, 3.8) is 0 Å². The van der Waals surface area contributed by atoms with Gasteiger partial charge in [0.2, 0.25) is 0 Å². The second kappa shape index (κ2) is 10.6. The lowest BCUT2D eigenvalue weighted by molar-refractivity contribution is -0.235. The van der Waals surface area contributed by atoms with E-state index in [2.05, 4.69) is 5.32 Å². The van der Waals surface area contributed by atoms with Gasteiger partial charge in [-0.25, -0.2) is 9.59 Å². The molecule has 10 nitrogen and oxygen atoms in total. The van der Waals surface area contributed by atoms with Crippen LogP contribution in [0.15, 0.2) is 30.3 Å². The Morgan fingerprint density at radius 3 is 2.39 bits per heavy atom. The molecule has 3 aliphatic rings. The first-order chi connectivity index (χ1) is 16.9. The molecule has 0 spiro atoms. The van der Waals surface area contributed by atoms with Gasteiger partial charge in [0.05, 0.1) is 6.61 Å². The molecule has 3 aliphatic heterocycles. The van der Waals surface area contributed by atoms with E-state index < -0.39 is 60.4 Å². The molecule has 4 rings (SSSR count). The molecule has 36 heavy (non-hydrogen) atoms. The Kier molecular flexibility index (Phi) is 7.92. The van der Waals surface area contributed by atoms with Crippen LogP contribution in [0.3, 0.4) is 0 Å². The average Bonchev–Trinajstić information content (AvgIpc) is 3.41. The summed E-state index contributed by atoms with van der Waals surface area (Å²) in [7, 11) is 0. The van der Waals surface area contributed by atoms with Gasteiger partial charge in [-0.2, -0.15) is 0 Å². The molecule has 1 aromatic rings. The molecule has 0 aliphatic carbocycles. The Labute approximate surface area is 211 Å². The fourth-order valence-electron chi connectivity index (χ4n) is 4.62. The number of nitrogens with one attached hydrogen (secondary N) is 1. The molecule has 3 fully saturated rings. The lowest BCUT2D eigenvalue weighted by Crippen LogP contribution is -2.49. The van der Waals surface area contributed by atoms with Gasteiger partial charge in [-0.1, -0.05) is 44.2 Å². The maximum absolute atomic E-state index is 13.4. The highest BCUT2D eigenvalue weighted by molar-refractivity contribution is 5.81. The summed E-state index contributed by atoms with van der Waals surface area (Å²) >= 11 is 0. The highest BCUT2D eigenvalue weighted by Gasteiger charge is 2.60. The number of hydrogen-bond donors (Lipinski definition) is 1. The SMILES string of the molecule is CC(C)C[C@H](NC(=O)OCc1ccccc1)C(=O)OC1C2OC(C)(C)OC2O[C@@H]1[C@@H]1COC(C)(C)O1. The number of carbonyl (C=O) groups is 2. The molecule has 0 aromatic heterocycles. The smallest absolute Gasteiger partial charge is 0.408 e. The number of alkyl carbamates (subject to hydrolysis) is 1. The summed E-state index contributed by atoms with van der Waals surface area (Å²) < 4.78 is 41.0. The molecule has 1 N–H and O–H groups in total. The first-order valence-corrected chi connectivity index (χ1v) is 12.4. The summed E-state index contributed by atoms with van der Waals surface area (Å²) in [6.07, 6.45) is -3.66. The van der Waals surface area contributed by atoms with Gasteiger partial charge in [-0.05, 0) is 45.6 Å². The first-order valence-electron chi connectivity index (χ1n) is 12.4. The van der Waals surface area contributed by atoms with E-state index in [-0.39, 0.29) is 19.1 Å². The summed E-state index contributed by atoms with van der Waals surface area (Å²) in [4.78, 5) is 25.9. The zero-order chi connectivity index (χ0) is 26.1. The van der Waals surface area contributed by atoms with Crippen molar-refractivity contribution < 1.29 is 42.7 Å². The van der Waals surface area contributed by atoms with Crippen molar-refractivity contribution in [2.24, 2.45) is 5.92 Å². The fraction of sp³-hybridized carbons (Fsp3) is 0.692. The normalized spacial score (nSPS) is 31.1. The minimum atomic E-state index is -0.916. The van der Waals surface area contributed by atoms with Crippen LogP contribution in [0.25, 0.3) is 0 Å². The third-order valence-electron chi connectivity index (χ3n) is 6.17. The van der Waals surface area contributed by atoms with Crippen molar-refractivity contribution in [1.82, 2.24) is 5.32 Å². The number of esters is 1. The second-order valence-electron chi connectivity index (χ2n) is 10.7. The van der Waals surface area contributed by atoms with Crippen molar-refractivity contribution >= 4 is 12.1 Å². The number of ether oxygens (including phenoxy) is 7. The largest absolute Gasteiger partial charge is 0.455 e. The van der Waals surface area contributed by atoms with Gasteiger partial charge in [0.15, 0.2) is 30.1 Å². The van der Waals surface area contributed by atoms with E-state index in [1.165, 1.54) is 0 Å². The van der Waals surface area contributed by atoms with Gasteiger partial charge in [0, 0.05) is 0 Å². The Hall–Kier alpha value is -2.24. The molecular weight excluding hydrogens is 470 g/mol. The number of carbonyl (C=O) groups excluding carboxylic acids is 2. The number of fused-ring (bicyclic) bond motifs is 1. The van der Waals surface area contributed by atoms with Crippen LogP contribution in [0.1, 0.15) is 53.5 Å². The Morgan fingerprint density at radius 2 is 1.75 bits per heavy atom. The van der Waals surface area contributed by atoms with Gasteiger partial charge < -0.3 is 38.5 Å². The predicted molar refractivity (Wildman–Crippen MR) is 126 cm³/mol. The van der Waals surface area contributed by atoms with E-state index in [4.69, 9.17) is 33.2 Å². The van der Waals surface area contributed by atoms with Crippen LogP contribution in [-0.4, -0.2) is 67.0 Å². The molecule has 200 valence electrons. The van der Waals surface area contributed by atoms with E-state index in [0.29, 0.717) is 6.42 Å². The summed E-state index contributed by atoms with van der Waals surface area (Å²) in [6.45, 7) is 11.4. The van der Waals surface area contributed by atoms with Gasteiger partial charge in [-0.15, -0.1) is 0 Å². The molecule has 1 aromatic carbocycles. The van der Waals surface area contributed by atoms with Crippen LogP contribution in [-0.2, 0) is 44.6 Å². The molecule has 0 saturated carbocycles. The van der Waals surface area contributed by atoms with Crippen LogP contribution in [0, 0.1) is 5.92 Å². The third-order valence-corrected chi connectivity index (χ3v) is 6.17. The van der Waals surface area contributed by atoms with Crippen molar-refractivity contribution in [3.05, 3.63) is 35.9 Å². The second-order valence-corrected chi connectivity index (χ2v) is 10.7. The number of hydrogen-bond acceptors (Lipinski definition) is 9. The van der Waals surface area contributed by atoms with Crippen molar-refractivity contribution in [1.29, 1.82) is 0 Å². The molecule has 6 atom stereocenters. The number of rotatable bonds is 8. The Morgan fingerprint density at radius 1 is 1.03 bits per heavy atom. The molecule has 0 bridgehead atoms. The van der Waals surface area contributed by atoms with Crippen LogP contribution in [0.4, 0.5) is 4.79 Å². The Bertz CT molecular complexity index is 919. The third kappa shape index (κ3) is 6.54. The van der Waals surface area contributed by atoms with E-state index in [1.807, 2.05) is 58.0 Å². The van der Waals surface area contributed by atoms with Crippen LogP contribution in [0.2, 0.25) is 0 Å². The van der Waals surface area contributed by atoms with Gasteiger partial charge in [-0.3, -0.25) is 0 Å². The average molecular weight is 508 g/mol. The number of benzene rings is 1. The van der Waals surface area contributed by atoms with Crippen LogP contribution < -0.4 is 5.32 Å². The van der Waals surface area contributed by atoms with Crippen LogP contribution in [0.5, 0.6) is 0 Å². The van der Waals surface area contributed by atoms with Crippen molar-refractivity contribution in [3.8, 4) is 0 Å². The molecular formula is C26H37NO9. The maximum Gasteiger partial charge on any atom is 0.408 e. The highest BCUT2D eigenvalue weighted by atomic mass is 16.8. The molecule has 10 heteroatoms. The molecule has 3 unspecified atom stereocenters. The molecule has 3 heterocycles. The molecule has 3 saturated heterocycles. The quantitative estimate of drug-likeness (QED) is 0.530. The summed E-state index contributed by atoms with van der Waals surface area (Å²) in [5, 5.41) is 2.66. The minimum absolute atomic E-state index is 0.0908. The minimum Gasteiger partial charge on any atom is -0.455 e. The first kappa shape index (κ1) is 26.8. The zero-order valence-electron chi connectivity index (χ0n) is 21.7. The van der Waals surface area contributed by atoms with E-state index in [1.54, 1.807) is 13.8 Å². The summed E-state index contributed by atoms with van der Waals surface area (Å²) in [5.74, 6) is -2.18. The summed E-state index contributed by atoms with van der Waals surface area (Å²) in [5.41, 5.74) is 0.843.